The molecule has 2 amide bonds. The fourth-order valence-electron chi connectivity index (χ4n) is 3.50. The van der Waals surface area contributed by atoms with Crippen molar-refractivity contribution in [1.29, 1.82) is 0 Å². The Kier molecular flexibility index (Phi) is 4.37. The van der Waals surface area contributed by atoms with Crippen molar-refractivity contribution in [2.75, 3.05) is 45.2 Å². The molecule has 0 aliphatic carbocycles. The molecule has 1 aromatic carbocycles. The van der Waals surface area contributed by atoms with Gasteiger partial charge in [-0.15, -0.1) is 0 Å². The minimum absolute atomic E-state index is 0.0324. The van der Waals surface area contributed by atoms with Crippen molar-refractivity contribution in [3.05, 3.63) is 29.8 Å². The molecule has 0 bridgehead atoms. The lowest BCUT2D eigenvalue weighted by Crippen LogP contribution is -2.52. The van der Waals surface area contributed by atoms with Crippen molar-refractivity contribution >= 4 is 17.5 Å². The van der Waals surface area contributed by atoms with Crippen molar-refractivity contribution in [2.45, 2.75) is 12.5 Å². The smallest absolute Gasteiger partial charge is 0.247 e. The van der Waals surface area contributed by atoms with E-state index in [0.29, 0.717) is 12.0 Å². The van der Waals surface area contributed by atoms with Crippen molar-refractivity contribution in [2.24, 2.45) is 11.7 Å². The van der Waals surface area contributed by atoms with Gasteiger partial charge in [-0.3, -0.25) is 14.5 Å². The van der Waals surface area contributed by atoms with Crippen LogP contribution in [-0.2, 0) is 9.59 Å². The Labute approximate surface area is 136 Å². The van der Waals surface area contributed by atoms with Gasteiger partial charge in [-0.05, 0) is 43.6 Å². The zero-order valence-corrected chi connectivity index (χ0v) is 13.7. The Morgan fingerprint density at radius 2 is 1.78 bits per heavy atom. The summed E-state index contributed by atoms with van der Waals surface area (Å²) in [7, 11) is 3.78. The Morgan fingerprint density at radius 3 is 2.39 bits per heavy atom. The van der Waals surface area contributed by atoms with Crippen LogP contribution < -0.4 is 10.6 Å². The Bertz CT molecular complexity index is 601. The highest BCUT2D eigenvalue weighted by Gasteiger charge is 2.31. The summed E-state index contributed by atoms with van der Waals surface area (Å²) in [5.41, 5.74) is 7.82. The molecular weight excluding hydrogens is 292 g/mol. The fourth-order valence-corrected chi connectivity index (χ4v) is 3.50. The maximum atomic E-state index is 12.1. The number of hydrogen-bond donors (Lipinski definition) is 1. The SMILES string of the molecule is CN1CC(=O)N(c2ccc(C3CC(CN)CN3C)cc2)CC1=O. The number of benzene rings is 1. The normalized spacial score (nSPS) is 26.2. The average Bonchev–Trinajstić information content (AvgIpc) is 2.92. The maximum absolute atomic E-state index is 12.1. The van der Waals surface area contributed by atoms with Gasteiger partial charge in [0.25, 0.3) is 0 Å². The van der Waals surface area contributed by atoms with Gasteiger partial charge in [-0.2, -0.15) is 0 Å². The van der Waals surface area contributed by atoms with Gasteiger partial charge in [0, 0.05) is 25.3 Å². The first-order valence-corrected chi connectivity index (χ1v) is 8.04. The predicted octanol–water partition coefficient (Wildman–Crippen LogP) is 0.443. The molecule has 2 saturated heterocycles. The molecule has 2 N–H and O–H groups in total. The van der Waals surface area contributed by atoms with Crippen LogP contribution in [0.15, 0.2) is 24.3 Å². The van der Waals surface area contributed by atoms with Gasteiger partial charge < -0.3 is 15.5 Å². The van der Waals surface area contributed by atoms with Crippen molar-refractivity contribution in [3.63, 3.8) is 0 Å². The average molecular weight is 316 g/mol. The molecule has 0 saturated carbocycles. The Hall–Kier alpha value is -1.92. The number of carbonyl (C=O) groups excluding carboxylic acids is 2. The highest BCUT2D eigenvalue weighted by Crippen LogP contribution is 2.34. The van der Waals surface area contributed by atoms with Crippen LogP contribution >= 0.6 is 0 Å². The number of rotatable bonds is 3. The van der Waals surface area contributed by atoms with Crippen LogP contribution in [0.2, 0.25) is 0 Å². The molecule has 23 heavy (non-hydrogen) atoms. The lowest BCUT2D eigenvalue weighted by Gasteiger charge is -2.32. The van der Waals surface area contributed by atoms with Crippen LogP contribution in [0.3, 0.4) is 0 Å². The summed E-state index contributed by atoms with van der Waals surface area (Å²) < 4.78 is 0. The van der Waals surface area contributed by atoms with E-state index in [4.69, 9.17) is 5.73 Å². The maximum Gasteiger partial charge on any atom is 0.247 e. The van der Waals surface area contributed by atoms with Crippen molar-refractivity contribution in [1.82, 2.24) is 9.80 Å². The minimum Gasteiger partial charge on any atom is -0.335 e. The number of anilines is 1. The summed E-state index contributed by atoms with van der Waals surface area (Å²) >= 11 is 0. The lowest BCUT2D eigenvalue weighted by atomic mass is 9.99. The first kappa shape index (κ1) is 16.0. The molecule has 2 atom stereocenters. The molecule has 0 spiro atoms. The number of nitrogens with two attached hydrogens (primary N) is 1. The molecule has 124 valence electrons. The summed E-state index contributed by atoms with van der Waals surface area (Å²) in [5, 5.41) is 0. The van der Waals surface area contributed by atoms with Gasteiger partial charge in [0.15, 0.2) is 0 Å². The van der Waals surface area contributed by atoms with E-state index in [2.05, 4.69) is 24.1 Å². The molecule has 6 nitrogen and oxygen atoms in total. The van der Waals surface area contributed by atoms with Crippen LogP contribution in [0, 0.1) is 5.92 Å². The molecule has 1 aromatic rings. The van der Waals surface area contributed by atoms with Gasteiger partial charge in [0.1, 0.15) is 6.54 Å². The zero-order chi connectivity index (χ0) is 16.6. The molecule has 2 unspecified atom stereocenters. The molecule has 3 rings (SSSR count). The number of piperazine rings is 1. The van der Waals surface area contributed by atoms with E-state index >= 15 is 0 Å². The molecule has 2 aliphatic heterocycles. The van der Waals surface area contributed by atoms with Gasteiger partial charge in [0.2, 0.25) is 11.8 Å². The second kappa shape index (κ2) is 6.29. The number of nitrogens with zero attached hydrogens (tertiary/aromatic N) is 3. The van der Waals surface area contributed by atoms with E-state index in [0.717, 1.165) is 25.2 Å². The highest BCUT2D eigenvalue weighted by molar-refractivity contribution is 6.04. The first-order valence-electron chi connectivity index (χ1n) is 8.04. The fraction of sp³-hybridized carbons (Fsp3) is 0.529. The van der Waals surface area contributed by atoms with E-state index in [-0.39, 0.29) is 24.9 Å². The molecular formula is C17H24N4O2. The third kappa shape index (κ3) is 3.09. The number of carbonyl (C=O) groups is 2. The Morgan fingerprint density at radius 1 is 1.09 bits per heavy atom. The number of hydrogen-bond acceptors (Lipinski definition) is 4. The lowest BCUT2D eigenvalue weighted by molar-refractivity contribution is -0.136. The van der Waals surface area contributed by atoms with Crippen molar-refractivity contribution in [3.8, 4) is 0 Å². The number of amides is 2. The third-order valence-electron chi connectivity index (χ3n) is 4.95. The van der Waals surface area contributed by atoms with Crippen LogP contribution in [0.4, 0.5) is 5.69 Å². The molecule has 2 heterocycles. The van der Waals surface area contributed by atoms with Gasteiger partial charge >= 0.3 is 0 Å². The molecule has 0 radical (unpaired) electrons. The number of likely N-dealkylation sites (N-methyl/N-ethyl adjacent to an activating group) is 1. The zero-order valence-electron chi connectivity index (χ0n) is 13.7. The Balaban J connectivity index is 1.75. The van der Waals surface area contributed by atoms with Gasteiger partial charge in [-0.25, -0.2) is 0 Å². The second-order valence-electron chi connectivity index (χ2n) is 6.61. The summed E-state index contributed by atoms with van der Waals surface area (Å²) in [6.07, 6.45) is 1.07. The van der Waals surface area contributed by atoms with E-state index in [1.54, 1.807) is 11.9 Å². The molecule has 2 aliphatic rings. The topological polar surface area (TPSA) is 69.9 Å². The molecule has 2 fully saturated rings. The third-order valence-corrected chi connectivity index (χ3v) is 4.95. The van der Waals surface area contributed by atoms with Crippen LogP contribution in [0.1, 0.15) is 18.0 Å². The summed E-state index contributed by atoms with van der Waals surface area (Å²) in [6.45, 7) is 2.00. The first-order chi connectivity index (χ1) is 11.0. The van der Waals surface area contributed by atoms with E-state index in [1.807, 2.05) is 12.1 Å². The summed E-state index contributed by atoms with van der Waals surface area (Å²) in [6, 6.07) is 8.38. The van der Waals surface area contributed by atoms with E-state index in [9.17, 15) is 9.59 Å². The monoisotopic (exact) mass is 316 g/mol. The summed E-state index contributed by atoms with van der Waals surface area (Å²) in [5.74, 6) is 0.470. The quantitative estimate of drug-likeness (QED) is 0.879. The number of likely N-dealkylation sites (tertiary alicyclic amines) is 1. The highest BCUT2D eigenvalue weighted by atomic mass is 16.2. The van der Waals surface area contributed by atoms with Crippen molar-refractivity contribution < 1.29 is 9.59 Å². The standard InChI is InChI=1S/C17H24N4O2/c1-19-9-12(8-18)7-15(19)13-3-5-14(6-4-13)21-11-16(22)20(2)10-17(21)23/h3-6,12,15H,7-11,18H2,1-2H3. The van der Waals surface area contributed by atoms with Gasteiger partial charge in [0.05, 0.1) is 6.54 Å². The molecule has 0 aromatic heterocycles. The second-order valence-corrected chi connectivity index (χ2v) is 6.61. The van der Waals surface area contributed by atoms with Gasteiger partial charge in [-0.1, -0.05) is 12.1 Å². The largest absolute Gasteiger partial charge is 0.335 e. The predicted molar refractivity (Wildman–Crippen MR) is 89.0 cm³/mol. The van der Waals surface area contributed by atoms with Crippen LogP contribution in [0.5, 0.6) is 0 Å². The molecule has 6 heteroatoms. The van der Waals surface area contributed by atoms with E-state index in [1.165, 1.54) is 10.5 Å². The summed E-state index contributed by atoms with van der Waals surface area (Å²) in [4.78, 5) is 29.3. The van der Waals surface area contributed by atoms with E-state index < -0.39 is 0 Å². The minimum atomic E-state index is -0.0407. The van der Waals surface area contributed by atoms with Crippen LogP contribution in [-0.4, -0.2) is 61.9 Å². The van der Waals surface area contributed by atoms with Crippen LogP contribution in [0.25, 0.3) is 0 Å².